The van der Waals surface area contributed by atoms with E-state index in [0.717, 1.165) is 5.92 Å². The first-order valence-electron chi connectivity index (χ1n) is 8.02. The summed E-state index contributed by atoms with van der Waals surface area (Å²) in [5.41, 5.74) is 0.602. The first-order chi connectivity index (χ1) is 10.5. The number of carbonyl (C=O) groups is 1. The minimum Gasteiger partial charge on any atom is -0.349 e. The summed E-state index contributed by atoms with van der Waals surface area (Å²) in [6.07, 6.45) is 5.06. The molecule has 0 heterocycles. The van der Waals surface area contributed by atoms with Gasteiger partial charge in [-0.3, -0.25) is 14.9 Å². The summed E-state index contributed by atoms with van der Waals surface area (Å²) in [7, 11) is 0. The maximum atomic E-state index is 12.5. The van der Waals surface area contributed by atoms with Crippen molar-refractivity contribution in [2.45, 2.75) is 45.6 Å². The minimum absolute atomic E-state index is 0.0721. The molecule has 2 bridgehead atoms. The Kier molecular flexibility index (Phi) is 3.89. The summed E-state index contributed by atoms with van der Waals surface area (Å²) in [5, 5.41) is 14.2. The number of hydrogen-bond acceptors (Lipinski definition) is 3. The van der Waals surface area contributed by atoms with E-state index >= 15 is 0 Å². The van der Waals surface area contributed by atoms with Gasteiger partial charge in [0.15, 0.2) is 0 Å². The number of amides is 1. The first kappa shape index (κ1) is 15.0. The molecule has 5 nitrogen and oxygen atoms in total. The number of nitro benzene ring substituents is 1. The molecule has 1 aromatic rings. The lowest BCUT2D eigenvalue weighted by molar-refractivity contribution is -0.385. The molecule has 22 heavy (non-hydrogen) atoms. The van der Waals surface area contributed by atoms with Crippen molar-refractivity contribution in [3.05, 3.63) is 39.4 Å². The second-order valence-electron chi connectivity index (χ2n) is 6.83. The van der Waals surface area contributed by atoms with Crippen molar-refractivity contribution in [2.75, 3.05) is 0 Å². The lowest BCUT2D eigenvalue weighted by Crippen LogP contribution is -2.40. The molecule has 2 fully saturated rings. The van der Waals surface area contributed by atoms with Crippen LogP contribution in [0.2, 0.25) is 0 Å². The molecule has 2 saturated carbocycles. The van der Waals surface area contributed by atoms with E-state index in [4.69, 9.17) is 0 Å². The van der Waals surface area contributed by atoms with Crippen LogP contribution in [0.3, 0.4) is 0 Å². The maximum Gasteiger partial charge on any atom is 0.285 e. The number of rotatable bonds is 4. The van der Waals surface area contributed by atoms with E-state index in [1.54, 1.807) is 19.1 Å². The number of nitro groups is 1. The Morgan fingerprint density at radius 1 is 1.36 bits per heavy atom. The number of nitrogens with one attached hydrogen (secondary N) is 1. The van der Waals surface area contributed by atoms with Crippen LogP contribution in [0.5, 0.6) is 0 Å². The molecular weight excluding hydrogens is 280 g/mol. The standard InChI is InChI=1S/C17H22N2O3/c1-10-4-3-5-14(16(10)19(21)22)17(20)18-11(2)15-9-12-6-7-13(15)8-12/h3-5,11-13,15H,6-9H2,1-2H3,(H,18,20). The van der Waals surface area contributed by atoms with Crippen molar-refractivity contribution in [3.8, 4) is 0 Å². The zero-order valence-electron chi connectivity index (χ0n) is 13.0. The van der Waals surface area contributed by atoms with Crippen molar-refractivity contribution >= 4 is 11.6 Å². The maximum absolute atomic E-state index is 12.5. The Bertz CT molecular complexity index is 614. The van der Waals surface area contributed by atoms with Gasteiger partial charge in [-0.05, 0) is 56.9 Å². The highest BCUT2D eigenvalue weighted by Gasteiger charge is 2.42. The van der Waals surface area contributed by atoms with Gasteiger partial charge < -0.3 is 5.32 Å². The number of fused-ring (bicyclic) bond motifs is 2. The van der Waals surface area contributed by atoms with Crippen LogP contribution in [-0.4, -0.2) is 16.9 Å². The predicted octanol–water partition coefficient (Wildman–Crippen LogP) is 3.46. The Hall–Kier alpha value is -1.91. The van der Waals surface area contributed by atoms with E-state index in [1.165, 1.54) is 31.7 Å². The summed E-state index contributed by atoms with van der Waals surface area (Å²) < 4.78 is 0. The molecule has 0 spiro atoms. The topological polar surface area (TPSA) is 72.2 Å². The van der Waals surface area contributed by atoms with E-state index in [0.29, 0.717) is 17.4 Å². The van der Waals surface area contributed by atoms with Crippen molar-refractivity contribution in [1.29, 1.82) is 0 Å². The number of benzene rings is 1. The molecular formula is C17H22N2O3. The fourth-order valence-electron chi connectivity index (χ4n) is 4.38. The quantitative estimate of drug-likeness (QED) is 0.684. The van der Waals surface area contributed by atoms with E-state index in [9.17, 15) is 14.9 Å². The van der Waals surface area contributed by atoms with Crippen molar-refractivity contribution in [2.24, 2.45) is 17.8 Å². The second-order valence-corrected chi connectivity index (χ2v) is 6.83. The smallest absolute Gasteiger partial charge is 0.285 e. The zero-order valence-corrected chi connectivity index (χ0v) is 13.0. The van der Waals surface area contributed by atoms with Gasteiger partial charge in [-0.2, -0.15) is 0 Å². The molecule has 4 atom stereocenters. The van der Waals surface area contributed by atoms with Crippen LogP contribution in [0, 0.1) is 34.8 Å². The van der Waals surface area contributed by atoms with Gasteiger partial charge in [-0.15, -0.1) is 0 Å². The van der Waals surface area contributed by atoms with E-state index in [2.05, 4.69) is 5.32 Å². The molecule has 0 radical (unpaired) electrons. The minimum atomic E-state index is -0.466. The number of nitrogens with zero attached hydrogens (tertiary/aromatic N) is 1. The summed E-state index contributed by atoms with van der Waals surface area (Å²) in [4.78, 5) is 23.2. The molecule has 1 amide bonds. The van der Waals surface area contributed by atoms with Gasteiger partial charge in [0.1, 0.15) is 5.56 Å². The molecule has 2 aliphatic carbocycles. The van der Waals surface area contributed by atoms with Gasteiger partial charge in [0.05, 0.1) is 4.92 Å². The summed E-state index contributed by atoms with van der Waals surface area (Å²) >= 11 is 0. The molecule has 1 aromatic carbocycles. The summed E-state index contributed by atoms with van der Waals surface area (Å²) in [5.74, 6) is 1.73. The van der Waals surface area contributed by atoms with Crippen LogP contribution in [0.25, 0.3) is 0 Å². The average Bonchev–Trinajstić information content (AvgIpc) is 3.09. The Morgan fingerprint density at radius 3 is 2.73 bits per heavy atom. The largest absolute Gasteiger partial charge is 0.349 e. The number of aryl methyl sites for hydroxylation is 1. The monoisotopic (exact) mass is 302 g/mol. The molecule has 3 rings (SSSR count). The fourth-order valence-corrected chi connectivity index (χ4v) is 4.38. The molecule has 0 aromatic heterocycles. The van der Waals surface area contributed by atoms with Crippen LogP contribution in [-0.2, 0) is 0 Å². The number of hydrogen-bond donors (Lipinski definition) is 1. The third-order valence-corrected chi connectivity index (χ3v) is 5.46. The van der Waals surface area contributed by atoms with Gasteiger partial charge in [-0.1, -0.05) is 18.6 Å². The van der Waals surface area contributed by atoms with Gasteiger partial charge in [-0.25, -0.2) is 0 Å². The van der Waals surface area contributed by atoms with Gasteiger partial charge >= 0.3 is 0 Å². The highest BCUT2D eigenvalue weighted by molar-refractivity contribution is 5.98. The molecule has 2 aliphatic rings. The molecule has 1 N–H and O–H groups in total. The lowest BCUT2D eigenvalue weighted by atomic mass is 9.84. The Labute approximate surface area is 130 Å². The first-order valence-corrected chi connectivity index (χ1v) is 8.02. The van der Waals surface area contributed by atoms with Crippen molar-refractivity contribution < 1.29 is 9.72 Å². The molecule has 0 aliphatic heterocycles. The second kappa shape index (κ2) is 5.71. The Morgan fingerprint density at radius 2 is 2.14 bits per heavy atom. The molecule has 4 unspecified atom stereocenters. The average molecular weight is 302 g/mol. The fraction of sp³-hybridized carbons (Fsp3) is 0.588. The Balaban J connectivity index is 1.75. The van der Waals surface area contributed by atoms with Crippen molar-refractivity contribution in [1.82, 2.24) is 5.32 Å². The van der Waals surface area contributed by atoms with Crippen LogP contribution < -0.4 is 5.32 Å². The SMILES string of the molecule is Cc1cccc(C(=O)NC(C)C2CC3CCC2C3)c1[N+](=O)[O-]. The van der Waals surface area contributed by atoms with Crippen LogP contribution in [0.1, 0.15) is 48.5 Å². The molecule has 0 saturated heterocycles. The lowest BCUT2D eigenvalue weighted by Gasteiger charge is -2.28. The van der Waals surface area contributed by atoms with Crippen LogP contribution in [0.15, 0.2) is 18.2 Å². The normalized spacial score (nSPS) is 27.6. The predicted molar refractivity (Wildman–Crippen MR) is 83.7 cm³/mol. The highest BCUT2D eigenvalue weighted by Crippen LogP contribution is 2.49. The summed E-state index contributed by atoms with van der Waals surface area (Å²) in [6, 6.07) is 4.96. The van der Waals surface area contributed by atoms with E-state index in [1.807, 2.05) is 6.92 Å². The third kappa shape index (κ3) is 2.60. The third-order valence-electron chi connectivity index (χ3n) is 5.46. The van der Waals surface area contributed by atoms with Gasteiger partial charge in [0, 0.05) is 11.6 Å². The van der Waals surface area contributed by atoms with Crippen LogP contribution >= 0.6 is 0 Å². The van der Waals surface area contributed by atoms with Crippen molar-refractivity contribution in [3.63, 3.8) is 0 Å². The number of carbonyl (C=O) groups excluding carboxylic acids is 1. The zero-order chi connectivity index (χ0) is 15.9. The molecule has 5 heteroatoms. The van der Waals surface area contributed by atoms with Crippen LogP contribution in [0.4, 0.5) is 5.69 Å². The number of para-hydroxylation sites is 1. The summed E-state index contributed by atoms with van der Waals surface area (Å²) in [6.45, 7) is 3.69. The highest BCUT2D eigenvalue weighted by atomic mass is 16.6. The van der Waals surface area contributed by atoms with Gasteiger partial charge in [0.2, 0.25) is 0 Å². The van der Waals surface area contributed by atoms with Gasteiger partial charge in [0.25, 0.3) is 11.6 Å². The molecule has 118 valence electrons. The van der Waals surface area contributed by atoms with E-state index < -0.39 is 4.92 Å². The van der Waals surface area contributed by atoms with E-state index in [-0.39, 0.29) is 23.2 Å².